The number of nitrogens with zero attached hydrogens (tertiary/aromatic N) is 1. The van der Waals surface area contributed by atoms with Crippen LogP contribution in [0.1, 0.15) is 36.6 Å². The van der Waals surface area contributed by atoms with Gasteiger partial charge >= 0.3 is 5.97 Å². The molecule has 0 bridgehead atoms. The van der Waals surface area contributed by atoms with Crippen LogP contribution in [0.15, 0.2) is 72.8 Å². The third kappa shape index (κ3) is 5.81. The van der Waals surface area contributed by atoms with E-state index in [0.29, 0.717) is 5.56 Å². The van der Waals surface area contributed by atoms with Crippen LogP contribution in [0.3, 0.4) is 0 Å². The summed E-state index contributed by atoms with van der Waals surface area (Å²) in [4.78, 5) is 59.7. The third-order valence-corrected chi connectivity index (χ3v) is 4.80. The maximum absolute atomic E-state index is 12.9. The summed E-state index contributed by atoms with van der Waals surface area (Å²) in [5.74, 6) is -3.02. The van der Waals surface area contributed by atoms with Gasteiger partial charge in [0.1, 0.15) is 5.02 Å². The number of ether oxygens (including phenoxy) is 1. The maximum atomic E-state index is 12.9. The highest BCUT2D eigenvalue weighted by Gasteiger charge is 2.22. The number of nitrogens with one attached hydrogen (secondary N) is 2. The number of hydrogen-bond donors (Lipinski definition) is 2. The Hall–Kier alpha value is -4.57. The lowest BCUT2D eigenvalue weighted by Crippen LogP contribution is -2.43. The molecule has 2 amide bonds. The summed E-state index contributed by atoms with van der Waals surface area (Å²) >= 11 is 5.78. The van der Waals surface area contributed by atoms with Gasteiger partial charge in [0.25, 0.3) is 17.5 Å². The van der Waals surface area contributed by atoms with Crippen LogP contribution in [-0.4, -0.2) is 35.1 Å². The average molecular weight is 482 g/mol. The molecule has 2 N–H and O–H groups in total. The number of benzene rings is 3. The molecular weight excluding hydrogens is 466 g/mol. The smallest absolute Gasteiger partial charge is 0.339 e. The normalized spacial score (nSPS) is 10.1. The Labute approximate surface area is 197 Å². The Balaban J connectivity index is 1.66. The summed E-state index contributed by atoms with van der Waals surface area (Å²) in [6.45, 7) is -0.733. The maximum Gasteiger partial charge on any atom is 0.339 e. The highest BCUT2D eigenvalue weighted by Crippen LogP contribution is 2.27. The quantitative estimate of drug-likeness (QED) is 0.228. The van der Waals surface area contributed by atoms with Gasteiger partial charge in [-0.2, -0.15) is 0 Å². The van der Waals surface area contributed by atoms with Crippen molar-refractivity contribution in [1.29, 1.82) is 0 Å². The van der Waals surface area contributed by atoms with E-state index in [1.807, 2.05) is 0 Å². The minimum Gasteiger partial charge on any atom is -0.452 e. The topological polar surface area (TPSA) is 145 Å². The van der Waals surface area contributed by atoms with Crippen molar-refractivity contribution in [1.82, 2.24) is 10.9 Å². The molecule has 0 aromatic heterocycles. The zero-order valence-electron chi connectivity index (χ0n) is 17.3. The van der Waals surface area contributed by atoms with Crippen LogP contribution in [0.5, 0.6) is 0 Å². The molecular formula is C23H16ClN3O7. The average Bonchev–Trinajstić information content (AvgIpc) is 2.86. The third-order valence-electron chi connectivity index (χ3n) is 4.48. The number of hydrogen-bond acceptors (Lipinski definition) is 7. The number of hydrazine groups is 1. The van der Waals surface area contributed by atoms with Gasteiger partial charge in [0.05, 0.1) is 10.5 Å². The van der Waals surface area contributed by atoms with E-state index in [-0.39, 0.29) is 21.7 Å². The first-order valence-corrected chi connectivity index (χ1v) is 10.0. The van der Waals surface area contributed by atoms with Gasteiger partial charge in [-0.3, -0.25) is 35.3 Å². The first-order chi connectivity index (χ1) is 16.3. The number of carbonyl (C=O) groups is 4. The van der Waals surface area contributed by atoms with Crippen LogP contribution in [-0.2, 0) is 9.53 Å². The van der Waals surface area contributed by atoms with E-state index in [2.05, 4.69) is 10.9 Å². The standard InChI is InChI=1S/C23H16ClN3O7/c24-18-11-10-15(12-19(18)27(32)33)21(29)16-8-4-5-9-17(16)23(31)34-13-20(28)25-26-22(30)14-6-2-1-3-7-14/h1-12H,13H2,(H,25,28)(H,26,30). The van der Waals surface area contributed by atoms with E-state index in [0.717, 1.165) is 6.07 Å². The number of amides is 2. The molecule has 10 nitrogen and oxygen atoms in total. The second kappa shape index (κ2) is 10.8. The predicted octanol–water partition coefficient (Wildman–Crippen LogP) is 3.10. The fourth-order valence-corrected chi connectivity index (χ4v) is 3.03. The number of carbonyl (C=O) groups excluding carboxylic acids is 4. The minimum absolute atomic E-state index is 0.0577. The fraction of sp³-hybridized carbons (Fsp3) is 0.0435. The van der Waals surface area contributed by atoms with E-state index in [9.17, 15) is 29.3 Å². The van der Waals surface area contributed by atoms with Crippen LogP contribution in [0.4, 0.5) is 5.69 Å². The van der Waals surface area contributed by atoms with Crippen molar-refractivity contribution in [2.45, 2.75) is 0 Å². The summed E-state index contributed by atoms with van der Waals surface area (Å²) in [7, 11) is 0. The van der Waals surface area contributed by atoms with E-state index in [1.54, 1.807) is 30.3 Å². The van der Waals surface area contributed by atoms with Crippen LogP contribution in [0, 0.1) is 10.1 Å². The Morgan fingerprint density at radius 2 is 1.50 bits per heavy atom. The van der Waals surface area contributed by atoms with Crippen LogP contribution in [0.25, 0.3) is 0 Å². The van der Waals surface area contributed by atoms with Gasteiger partial charge in [0.2, 0.25) is 0 Å². The first-order valence-electron chi connectivity index (χ1n) is 9.67. The number of halogens is 1. The van der Waals surface area contributed by atoms with Gasteiger partial charge in [0.15, 0.2) is 12.4 Å². The zero-order valence-corrected chi connectivity index (χ0v) is 18.1. The van der Waals surface area contributed by atoms with Crippen molar-refractivity contribution in [3.05, 3.63) is 110 Å². The van der Waals surface area contributed by atoms with Gasteiger partial charge < -0.3 is 4.74 Å². The summed E-state index contributed by atoms with van der Waals surface area (Å²) in [5, 5.41) is 11.0. The SMILES string of the molecule is O=C(COC(=O)c1ccccc1C(=O)c1ccc(Cl)c([N+](=O)[O-])c1)NNC(=O)c1ccccc1. The Morgan fingerprint density at radius 3 is 2.18 bits per heavy atom. The van der Waals surface area contributed by atoms with Gasteiger partial charge in [-0.25, -0.2) is 4.79 Å². The van der Waals surface area contributed by atoms with E-state index in [1.165, 1.54) is 36.4 Å². The molecule has 0 unspecified atom stereocenters. The molecule has 172 valence electrons. The minimum atomic E-state index is -0.975. The molecule has 0 atom stereocenters. The monoisotopic (exact) mass is 481 g/mol. The van der Waals surface area contributed by atoms with Crippen molar-refractivity contribution >= 4 is 40.9 Å². The lowest BCUT2D eigenvalue weighted by Gasteiger charge is -2.10. The molecule has 0 aliphatic carbocycles. The zero-order chi connectivity index (χ0) is 24.7. The molecule has 0 fully saturated rings. The van der Waals surface area contributed by atoms with Crippen LogP contribution >= 0.6 is 11.6 Å². The Kier molecular flexibility index (Phi) is 7.67. The molecule has 0 spiro atoms. The van der Waals surface area contributed by atoms with Crippen molar-refractivity contribution in [3.63, 3.8) is 0 Å². The summed E-state index contributed by atoms with van der Waals surface area (Å²) < 4.78 is 4.95. The van der Waals surface area contributed by atoms with Crippen molar-refractivity contribution in [2.75, 3.05) is 6.61 Å². The second-order valence-electron chi connectivity index (χ2n) is 6.74. The number of nitro benzene ring substituents is 1. The van der Waals surface area contributed by atoms with E-state index >= 15 is 0 Å². The lowest BCUT2D eigenvalue weighted by molar-refractivity contribution is -0.384. The molecule has 0 heterocycles. The molecule has 0 saturated heterocycles. The fourth-order valence-electron chi connectivity index (χ4n) is 2.84. The molecule has 0 aliphatic heterocycles. The van der Waals surface area contributed by atoms with Crippen molar-refractivity contribution in [2.24, 2.45) is 0 Å². The molecule has 11 heteroatoms. The number of rotatable bonds is 7. The lowest BCUT2D eigenvalue weighted by atomic mass is 9.98. The first kappa shape index (κ1) is 24.1. The molecule has 0 aliphatic rings. The van der Waals surface area contributed by atoms with Gasteiger partial charge in [-0.1, -0.05) is 48.0 Å². The molecule has 3 aromatic carbocycles. The summed E-state index contributed by atoms with van der Waals surface area (Å²) in [6, 6.07) is 17.3. The Bertz CT molecular complexity index is 1280. The molecule has 3 rings (SSSR count). The number of esters is 1. The largest absolute Gasteiger partial charge is 0.452 e. The molecule has 0 radical (unpaired) electrons. The number of nitro groups is 1. The van der Waals surface area contributed by atoms with E-state index in [4.69, 9.17) is 16.3 Å². The highest BCUT2D eigenvalue weighted by molar-refractivity contribution is 6.33. The number of ketones is 1. The second-order valence-corrected chi connectivity index (χ2v) is 7.15. The summed E-state index contributed by atoms with van der Waals surface area (Å²) in [5.41, 5.74) is 3.87. The summed E-state index contributed by atoms with van der Waals surface area (Å²) in [6.07, 6.45) is 0. The van der Waals surface area contributed by atoms with Crippen LogP contribution in [0.2, 0.25) is 5.02 Å². The van der Waals surface area contributed by atoms with Gasteiger partial charge in [-0.05, 0) is 30.3 Å². The Morgan fingerprint density at radius 1 is 0.853 bits per heavy atom. The van der Waals surface area contributed by atoms with Crippen LogP contribution < -0.4 is 10.9 Å². The predicted molar refractivity (Wildman–Crippen MR) is 120 cm³/mol. The highest BCUT2D eigenvalue weighted by atomic mass is 35.5. The van der Waals surface area contributed by atoms with Gasteiger partial charge in [0, 0.05) is 22.8 Å². The molecule has 34 heavy (non-hydrogen) atoms. The molecule has 0 saturated carbocycles. The van der Waals surface area contributed by atoms with Crippen molar-refractivity contribution < 1.29 is 28.8 Å². The molecule has 3 aromatic rings. The van der Waals surface area contributed by atoms with Crippen molar-refractivity contribution in [3.8, 4) is 0 Å². The van der Waals surface area contributed by atoms with Gasteiger partial charge in [-0.15, -0.1) is 0 Å². The van der Waals surface area contributed by atoms with E-state index < -0.39 is 40.8 Å².